The summed E-state index contributed by atoms with van der Waals surface area (Å²) in [4.78, 5) is 12.6. The number of nitrogens with zero attached hydrogens (tertiary/aromatic N) is 4. The molecule has 0 spiro atoms. The van der Waals surface area contributed by atoms with Crippen LogP contribution >= 0.6 is 0 Å². The predicted octanol–water partition coefficient (Wildman–Crippen LogP) is 3.75. The van der Waals surface area contributed by atoms with Crippen LogP contribution in [-0.4, -0.2) is 25.5 Å². The first-order valence-corrected chi connectivity index (χ1v) is 9.61. The lowest BCUT2D eigenvalue weighted by molar-refractivity contribution is -0.123. The molecule has 2 aliphatic rings. The fraction of sp³-hybridized carbons (Fsp3) is 0.381. The van der Waals surface area contributed by atoms with Crippen molar-refractivity contribution in [1.82, 2.24) is 19.6 Å². The first-order chi connectivity index (χ1) is 13.2. The van der Waals surface area contributed by atoms with E-state index in [1.807, 2.05) is 47.0 Å². The third kappa shape index (κ3) is 3.16. The average molecular weight is 361 g/mol. The van der Waals surface area contributed by atoms with E-state index in [1.54, 1.807) is 6.20 Å². The molecule has 0 bridgehead atoms. The van der Waals surface area contributed by atoms with Gasteiger partial charge < -0.3 is 5.32 Å². The van der Waals surface area contributed by atoms with Gasteiger partial charge in [0, 0.05) is 42.8 Å². The molecule has 6 heteroatoms. The molecule has 2 heterocycles. The fourth-order valence-corrected chi connectivity index (χ4v) is 3.92. The van der Waals surface area contributed by atoms with E-state index >= 15 is 0 Å². The molecule has 1 amide bonds. The number of aryl methyl sites for hydroxylation is 1. The van der Waals surface area contributed by atoms with E-state index in [9.17, 15) is 4.79 Å². The van der Waals surface area contributed by atoms with Gasteiger partial charge in [0.2, 0.25) is 5.91 Å². The number of hydrogen-bond donors (Lipinski definition) is 1. The van der Waals surface area contributed by atoms with Gasteiger partial charge >= 0.3 is 0 Å². The van der Waals surface area contributed by atoms with Crippen LogP contribution in [0.5, 0.6) is 0 Å². The number of nitrogens with one attached hydrogen (secondary N) is 1. The van der Waals surface area contributed by atoms with Gasteiger partial charge in [-0.25, -0.2) is 0 Å². The van der Waals surface area contributed by atoms with Crippen LogP contribution in [0.15, 0.2) is 48.9 Å². The highest BCUT2D eigenvalue weighted by atomic mass is 16.1. The maximum Gasteiger partial charge on any atom is 0.227 e. The second-order valence-electron chi connectivity index (χ2n) is 7.75. The summed E-state index contributed by atoms with van der Waals surface area (Å²) in [6.45, 7) is 0. The van der Waals surface area contributed by atoms with E-state index in [0.29, 0.717) is 12.0 Å². The van der Waals surface area contributed by atoms with Gasteiger partial charge in [0.05, 0.1) is 11.7 Å². The van der Waals surface area contributed by atoms with Crippen LogP contribution < -0.4 is 5.32 Å². The van der Waals surface area contributed by atoms with Crippen LogP contribution in [0, 0.1) is 5.92 Å². The lowest BCUT2D eigenvalue weighted by atomic mass is 9.79. The summed E-state index contributed by atoms with van der Waals surface area (Å²) in [5.41, 5.74) is 4.30. The molecule has 2 aliphatic carbocycles. The second kappa shape index (κ2) is 6.37. The third-order valence-corrected chi connectivity index (χ3v) is 5.71. The zero-order chi connectivity index (χ0) is 18.4. The Labute approximate surface area is 158 Å². The Morgan fingerprint density at radius 2 is 2.04 bits per heavy atom. The minimum atomic E-state index is 0.0561. The van der Waals surface area contributed by atoms with E-state index in [4.69, 9.17) is 0 Å². The molecule has 0 radical (unpaired) electrons. The maximum atomic E-state index is 12.6. The highest BCUT2D eigenvalue weighted by molar-refractivity contribution is 5.94. The minimum Gasteiger partial charge on any atom is -0.326 e. The Hall–Kier alpha value is -2.89. The number of carbonyl (C=O) groups is 1. The molecule has 0 atom stereocenters. The van der Waals surface area contributed by atoms with Crippen LogP contribution in [0.3, 0.4) is 0 Å². The van der Waals surface area contributed by atoms with Crippen LogP contribution in [0.1, 0.15) is 43.2 Å². The van der Waals surface area contributed by atoms with Gasteiger partial charge in [-0.15, -0.1) is 0 Å². The van der Waals surface area contributed by atoms with Gasteiger partial charge in [-0.05, 0) is 61.4 Å². The minimum absolute atomic E-state index is 0.0561. The number of hydrogen-bond acceptors (Lipinski definition) is 3. The van der Waals surface area contributed by atoms with Crippen LogP contribution in [-0.2, 0) is 11.8 Å². The summed E-state index contributed by atoms with van der Waals surface area (Å²) in [6.07, 6.45) is 9.88. The van der Waals surface area contributed by atoms with Crippen LogP contribution in [0.2, 0.25) is 0 Å². The first kappa shape index (κ1) is 16.3. The number of benzene rings is 1. The van der Waals surface area contributed by atoms with E-state index in [2.05, 4.69) is 27.6 Å². The van der Waals surface area contributed by atoms with E-state index < -0.39 is 0 Å². The summed E-state index contributed by atoms with van der Waals surface area (Å²) in [5, 5.41) is 11.9. The highest BCUT2D eigenvalue weighted by Gasteiger charge is 2.36. The van der Waals surface area contributed by atoms with Gasteiger partial charge in [-0.3, -0.25) is 14.2 Å². The third-order valence-electron chi connectivity index (χ3n) is 5.71. The largest absolute Gasteiger partial charge is 0.326 e. The number of rotatable bonds is 5. The topological polar surface area (TPSA) is 64.7 Å². The molecular weight excluding hydrogens is 338 g/mol. The summed E-state index contributed by atoms with van der Waals surface area (Å²) >= 11 is 0. The highest BCUT2D eigenvalue weighted by Crippen LogP contribution is 2.45. The van der Waals surface area contributed by atoms with Gasteiger partial charge in [0.1, 0.15) is 0 Å². The van der Waals surface area contributed by atoms with Gasteiger partial charge in [-0.1, -0.05) is 6.07 Å². The summed E-state index contributed by atoms with van der Waals surface area (Å²) < 4.78 is 3.77. The van der Waals surface area contributed by atoms with Crippen molar-refractivity contribution in [3.8, 4) is 11.3 Å². The molecule has 2 aromatic heterocycles. The molecule has 2 fully saturated rings. The zero-order valence-electron chi connectivity index (χ0n) is 15.4. The molecule has 0 unspecified atom stereocenters. The zero-order valence-corrected chi connectivity index (χ0v) is 15.4. The molecule has 1 N–H and O–H groups in total. The molecule has 6 nitrogen and oxygen atoms in total. The smallest absolute Gasteiger partial charge is 0.227 e. The predicted molar refractivity (Wildman–Crippen MR) is 103 cm³/mol. The van der Waals surface area contributed by atoms with Gasteiger partial charge in [0.25, 0.3) is 0 Å². The number of amides is 1. The first-order valence-electron chi connectivity index (χ1n) is 9.61. The molecular formula is C21H23N5O. The van der Waals surface area contributed by atoms with Crippen molar-refractivity contribution in [1.29, 1.82) is 0 Å². The Kier molecular flexibility index (Phi) is 3.85. The Morgan fingerprint density at radius 1 is 1.19 bits per heavy atom. The number of anilines is 1. The van der Waals surface area contributed by atoms with E-state index in [1.165, 1.54) is 18.4 Å². The quantitative estimate of drug-likeness (QED) is 0.753. The maximum absolute atomic E-state index is 12.6. The molecule has 0 aliphatic heterocycles. The lowest BCUT2D eigenvalue weighted by Crippen LogP contribution is -2.36. The van der Waals surface area contributed by atoms with Crippen molar-refractivity contribution in [2.24, 2.45) is 13.0 Å². The van der Waals surface area contributed by atoms with Crippen molar-refractivity contribution in [3.63, 3.8) is 0 Å². The summed E-state index contributed by atoms with van der Waals surface area (Å²) in [7, 11) is 1.93. The van der Waals surface area contributed by atoms with E-state index in [-0.39, 0.29) is 11.8 Å². The van der Waals surface area contributed by atoms with Crippen molar-refractivity contribution in [2.45, 2.75) is 37.6 Å². The van der Waals surface area contributed by atoms with Gasteiger partial charge in [0.15, 0.2) is 0 Å². The average Bonchev–Trinajstić information content (AvgIpc) is 3.14. The SMILES string of the molecule is Cn1ccc(-c2cc(NC(=O)C3CC(n4cccn4)C3)ccc2C2CC2)n1. The molecule has 5 rings (SSSR count). The van der Waals surface area contributed by atoms with Crippen LogP contribution in [0.25, 0.3) is 11.3 Å². The Bertz CT molecular complexity index is 964. The van der Waals surface area contributed by atoms with Gasteiger partial charge in [-0.2, -0.15) is 10.2 Å². The van der Waals surface area contributed by atoms with Crippen molar-refractivity contribution in [3.05, 3.63) is 54.5 Å². The Balaban J connectivity index is 1.31. The fourth-order valence-electron chi connectivity index (χ4n) is 3.92. The Morgan fingerprint density at radius 3 is 2.70 bits per heavy atom. The second-order valence-corrected chi connectivity index (χ2v) is 7.75. The summed E-state index contributed by atoms with van der Waals surface area (Å²) in [6, 6.07) is 10.6. The summed E-state index contributed by atoms with van der Waals surface area (Å²) in [5.74, 6) is 0.790. The van der Waals surface area contributed by atoms with E-state index in [0.717, 1.165) is 29.8 Å². The molecule has 27 heavy (non-hydrogen) atoms. The lowest BCUT2D eigenvalue weighted by Gasteiger charge is -2.34. The van der Waals surface area contributed by atoms with Crippen molar-refractivity contribution < 1.29 is 4.79 Å². The molecule has 2 saturated carbocycles. The molecule has 1 aromatic carbocycles. The molecule has 138 valence electrons. The monoisotopic (exact) mass is 361 g/mol. The van der Waals surface area contributed by atoms with Crippen molar-refractivity contribution in [2.75, 3.05) is 5.32 Å². The molecule has 0 saturated heterocycles. The standard InChI is InChI=1S/C21H23N5O/c1-25-10-7-20(24-25)19-13-16(5-6-18(19)14-3-4-14)23-21(27)15-11-17(12-15)26-9-2-8-22-26/h2,5-10,13-15,17H,3-4,11-12H2,1H3,(H,23,27). The van der Waals surface area contributed by atoms with Crippen LogP contribution in [0.4, 0.5) is 5.69 Å². The normalized spacial score (nSPS) is 21.7. The number of aromatic nitrogens is 4. The molecule has 3 aromatic rings. The number of carbonyl (C=O) groups excluding carboxylic acids is 1. The van der Waals surface area contributed by atoms with Crippen molar-refractivity contribution >= 4 is 11.6 Å².